The highest BCUT2D eigenvalue weighted by atomic mass is 79.9. The van der Waals surface area contributed by atoms with E-state index in [9.17, 15) is 0 Å². The summed E-state index contributed by atoms with van der Waals surface area (Å²) in [6.07, 6.45) is 16.0. The second-order valence-electron chi connectivity index (χ2n) is 12.8. The maximum atomic E-state index is 8.25. The van der Waals surface area contributed by atoms with Gasteiger partial charge in [0.1, 0.15) is 0 Å². The third-order valence-corrected chi connectivity index (χ3v) is 8.38. The molecule has 0 bridgehead atoms. The van der Waals surface area contributed by atoms with Gasteiger partial charge in [-0.3, -0.25) is 0 Å². The van der Waals surface area contributed by atoms with Gasteiger partial charge in [-0.25, -0.2) is 7.69 Å². The Kier molecular flexibility index (Phi) is 47.4. The van der Waals surface area contributed by atoms with E-state index in [1.165, 1.54) is 169 Å². The van der Waals surface area contributed by atoms with E-state index in [-0.39, 0.29) is 17.0 Å². The van der Waals surface area contributed by atoms with Crippen molar-refractivity contribution in [1.29, 1.82) is 0 Å². The first kappa shape index (κ1) is 52.9. The number of hydrogen-bond donors (Lipinski definition) is 0. The molecule has 0 aliphatic heterocycles. The van der Waals surface area contributed by atoms with Gasteiger partial charge in [-0.05, 0) is 77.0 Å². The molecule has 0 unspecified atom stereocenters. The van der Waals surface area contributed by atoms with E-state index in [2.05, 4.69) is 83.1 Å². The van der Waals surface area contributed by atoms with Crippen molar-refractivity contribution >= 4 is 7.69 Å². The Morgan fingerprint density at radius 3 is 0.395 bits per heavy atom. The highest BCUT2D eigenvalue weighted by molar-refractivity contribution is 6.08. The molecule has 7 heteroatoms. The molecule has 0 aliphatic carbocycles. The van der Waals surface area contributed by atoms with E-state index < -0.39 is 7.69 Å². The van der Waals surface area contributed by atoms with Gasteiger partial charge in [0.25, 0.3) is 0 Å². The SMILES string of the molecule is CCC[N+](CCC)(CCC)CCC.CCC[N+](CCC)(CCC)CCC.CCC[N+](CCC)(CCC)CCC.[Br-].[O-][B][O-]. The number of hydrogen-bond acceptors (Lipinski definition) is 2. The maximum absolute atomic E-state index is 8.25. The van der Waals surface area contributed by atoms with Crippen LogP contribution in [0.1, 0.15) is 160 Å². The largest absolute Gasteiger partial charge is 1.00 e. The molecule has 43 heavy (non-hydrogen) atoms. The lowest BCUT2D eigenvalue weighted by Gasteiger charge is -2.38. The average Bonchev–Trinajstić information content (AvgIpc) is 2.92. The van der Waals surface area contributed by atoms with Crippen LogP contribution in [0.2, 0.25) is 0 Å². The topological polar surface area (TPSA) is 46.1 Å². The lowest BCUT2D eigenvalue weighted by Crippen LogP contribution is -3.00. The molecule has 5 nitrogen and oxygen atoms in total. The zero-order valence-electron chi connectivity index (χ0n) is 32.1. The summed E-state index contributed by atoms with van der Waals surface area (Å²) < 4.78 is 4.12. The molecular weight excluding hydrogens is 597 g/mol. The van der Waals surface area contributed by atoms with E-state index in [1.54, 1.807) is 0 Å². The van der Waals surface area contributed by atoms with Gasteiger partial charge >= 0.3 is 0 Å². The predicted molar refractivity (Wildman–Crippen MR) is 188 cm³/mol. The summed E-state index contributed by atoms with van der Waals surface area (Å²) in [5.74, 6) is 0. The zero-order chi connectivity index (χ0) is 33.2. The van der Waals surface area contributed by atoms with E-state index in [1.807, 2.05) is 0 Å². The standard InChI is InChI=1S/3C12H28N.BO2.BrH/c3*1-5-9-13(10-6-2,11-7-3)12-8-4;2-1-3;/h3*5-12H2,1-4H3;;1H/q3*+1;-2;/p-1. The van der Waals surface area contributed by atoms with Crippen LogP contribution in [0.25, 0.3) is 0 Å². The molecule has 0 aliphatic rings. The van der Waals surface area contributed by atoms with Crippen LogP contribution in [0, 0.1) is 0 Å². The molecule has 0 N–H and O–H groups in total. The molecule has 1 radical (unpaired) electrons. The Hall–Kier alpha value is 0.345. The Bertz CT molecular complexity index is 346. The third kappa shape index (κ3) is 29.5. The van der Waals surface area contributed by atoms with Crippen molar-refractivity contribution in [1.82, 2.24) is 0 Å². The molecule has 0 heterocycles. The quantitative estimate of drug-likeness (QED) is 0.111. The third-order valence-electron chi connectivity index (χ3n) is 8.38. The van der Waals surface area contributed by atoms with Gasteiger partial charge in [0, 0.05) is 0 Å². The molecule has 0 saturated heterocycles. The average molecular weight is 682 g/mol. The number of halogens is 1. The van der Waals surface area contributed by atoms with Crippen molar-refractivity contribution < 1.29 is 40.5 Å². The second kappa shape index (κ2) is 38.5. The minimum absolute atomic E-state index is 0. The molecule has 0 atom stereocenters. The van der Waals surface area contributed by atoms with E-state index >= 15 is 0 Å². The van der Waals surface area contributed by atoms with Gasteiger partial charge in [0.15, 0.2) is 0 Å². The number of nitrogens with zero attached hydrogens (tertiary/aromatic N) is 3. The van der Waals surface area contributed by atoms with Gasteiger partial charge in [-0.15, -0.1) is 0 Å². The Labute approximate surface area is 286 Å². The smallest absolute Gasteiger partial charge is 0.0783 e. The van der Waals surface area contributed by atoms with Crippen LogP contribution in [0.5, 0.6) is 0 Å². The van der Waals surface area contributed by atoms with Crippen molar-refractivity contribution in [2.45, 2.75) is 160 Å². The Balaban J connectivity index is -0.000000158. The first-order chi connectivity index (χ1) is 20.1. The predicted octanol–water partition coefficient (Wildman–Crippen LogP) is 4.57. The van der Waals surface area contributed by atoms with Crippen molar-refractivity contribution in [2.24, 2.45) is 0 Å². The summed E-state index contributed by atoms with van der Waals surface area (Å²) in [6, 6.07) is 0. The van der Waals surface area contributed by atoms with Gasteiger partial charge in [0.05, 0.1) is 78.5 Å². The summed E-state index contributed by atoms with van der Waals surface area (Å²) in [5, 5.41) is 16.5. The van der Waals surface area contributed by atoms with Crippen LogP contribution in [0.15, 0.2) is 0 Å². The Morgan fingerprint density at radius 2 is 0.349 bits per heavy atom. The summed E-state index contributed by atoms with van der Waals surface area (Å²) >= 11 is 0. The second-order valence-corrected chi connectivity index (χ2v) is 12.8. The lowest BCUT2D eigenvalue weighted by molar-refractivity contribution is -0.928. The monoisotopic (exact) mass is 681 g/mol. The van der Waals surface area contributed by atoms with Crippen LogP contribution in [-0.2, 0) is 0 Å². The van der Waals surface area contributed by atoms with Gasteiger partial charge in [0.2, 0.25) is 0 Å². The fraction of sp³-hybridized carbons (Fsp3) is 1.00. The lowest BCUT2D eigenvalue weighted by atomic mass is 10.2. The molecule has 0 aromatic heterocycles. The Morgan fingerprint density at radius 1 is 0.279 bits per heavy atom. The van der Waals surface area contributed by atoms with Crippen LogP contribution in [-0.4, -0.2) is 99.7 Å². The maximum Gasteiger partial charge on any atom is 0.0783 e. The molecule has 0 fully saturated rings. The summed E-state index contributed by atoms with van der Waals surface area (Å²) in [4.78, 5) is 0. The van der Waals surface area contributed by atoms with Crippen LogP contribution in [0.3, 0.4) is 0 Å². The minimum atomic E-state index is -0.500. The molecule has 0 aromatic rings. The zero-order valence-corrected chi connectivity index (χ0v) is 33.7. The molecule has 0 saturated carbocycles. The van der Waals surface area contributed by atoms with Crippen molar-refractivity contribution in [2.75, 3.05) is 78.5 Å². The van der Waals surface area contributed by atoms with Crippen molar-refractivity contribution in [3.8, 4) is 0 Å². The fourth-order valence-electron chi connectivity index (χ4n) is 7.70. The first-order valence-corrected chi connectivity index (χ1v) is 18.8. The van der Waals surface area contributed by atoms with Gasteiger partial charge < -0.3 is 40.5 Å². The van der Waals surface area contributed by atoms with Crippen LogP contribution in [0.4, 0.5) is 0 Å². The molecule has 0 amide bonds. The van der Waals surface area contributed by atoms with Gasteiger partial charge in [-0.1, -0.05) is 83.1 Å². The minimum Gasteiger partial charge on any atom is -1.00 e. The summed E-state index contributed by atoms with van der Waals surface area (Å²) in [7, 11) is -0.500. The molecule has 0 aromatic carbocycles. The summed E-state index contributed by atoms with van der Waals surface area (Å²) in [5.41, 5.74) is 0. The molecule has 265 valence electrons. The molecule has 0 rings (SSSR count). The van der Waals surface area contributed by atoms with E-state index in [4.69, 9.17) is 10.0 Å². The highest BCUT2D eigenvalue weighted by Gasteiger charge is 2.24. The number of quaternary nitrogens is 3. The summed E-state index contributed by atoms with van der Waals surface area (Å²) in [6.45, 7) is 44.4. The van der Waals surface area contributed by atoms with E-state index in [0.717, 1.165) is 0 Å². The molecule has 0 spiro atoms. The fourth-order valence-corrected chi connectivity index (χ4v) is 7.70. The van der Waals surface area contributed by atoms with Crippen LogP contribution < -0.4 is 27.0 Å². The van der Waals surface area contributed by atoms with Crippen molar-refractivity contribution in [3.63, 3.8) is 0 Å². The highest BCUT2D eigenvalue weighted by Crippen LogP contribution is 2.14. The van der Waals surface area contributed by atoms with E-state index in [0.29, 0.717) is 0 Å². The normalized spacial score (nSPS) is 11.2. The van der Waals surface area contributed by atoms with Gasteiger partial charge in [-0.2, -0.15) is 0 Å². The first-order valence-electron chi connectivity index (χ1n) is 18.8. The molecular formula is C36H84BBrN3O2. The van der Waals surface area contributed by atoms with Crippen LogP contribution >= 0.6 is 0 Å². The number of rotatable bonds is 24. The van der Waals surface area contributed by atoms with Crippen molar-refractivity contribution in [3.05, 3.63) is 0 Å².